The number of nitrogen functional groups attached to an aromatic ring is 1. The second-order valence-electron chi connectivity index (χ2n) is 3.49. The van der Waals surface area contributed by atoms with Gasteiger partial charge in [-0.05, 0) is 24.6 Å². The van der Waals surface area contributed by atoms with Gasteiger partial charge in [-0.3, -0.25) is 0 Å². The van der Waals surface area contributed by atoms with E-state index in [1.165, 1.54) is 0 Å². The van der Waals surface area contributed by atoms with E-state index in [0.717, 1.165) is 16.1 Å². The fraction of sp³-hybridized carbons (Fsp3) is 0.273. The number of aryl methyl sites for hydroxylation is 1. The zero-order valence-electron chi connectivity index (χ0n) is 9.23. The molecule has 0 atom stereocenters. The zero-order valence-corrected chi connectivity index (χ0v) is 10.0. The van der Waals surface area contributed by atoms with Crippen molar-refractivity contribution in [3.63, 3.8) is 0 Å². The summed E-state index contributed by atoms with van der Waals surface area (Å²) in [5, 5.41) is 3.84. The summed E-state index contributed by atoms with van der Waals surface area (Å²) in [6.45, 7) is 3.80. The number of hydrogen-bond acceptors (Lipinski definition) is 5. The number of hydrogen-bond donors (Lipinski definition) is 1. The number of benzene rings is 1. The van der Waals surface area contributed by atoms with Gasteiger partial charge in [0.2, 0.25) is 5.89 Å². The SMILES string of the molecule is Cc1nc(CSc2cccc(N)c2C)no1. The highest BCUT2D eigenvalue weighted by Gasteiger charge is 2.06. The summed E-state index contributed by atoms with van der Waals surface area (Å²) in [5.41, 5.74) is 7.75. The molecule has 0 bridgehead atoms. The van der Waals surface area contributed by atoms with Gasteiger partial charge in [0, 0.05) is 17.5 Å². The van der Waals surface area contributed by atoms with E-state index >= 15 is 0 Å². The van der Waals surface area contributed by atoms with Crippen molar-refractivity contribution in [3.05, 3.63) is 35.5 Å². The molecule has 0 aliphatic carbocycles. The topological polar surface area (TPSA) is 64.9 Å². The number of thioether (sulfide) groups is 1. The van der Waals surface area contributed by atoms with Crippen molar-refractivity contribution in [1.82, 2.24) is 10.1 Å². The van der Waals surface area contributed by atoms with Crippen LogP contribution < -0.4 is 5.73 Å². The highest BCUT2D eigenvalue weighted by atomic mass is 32.2. The van der Waals surface area contributed by atoms with Crippen LogP contribution in [0.4, 0.5) is 5.69 Å². The van der Waals surface area contributed by atoms with Crippen molar-refractivity contribution in [3.8, 4) is 0 Å². The van der Waals surface area contributed by atoms with Crippen molar-refractivity contribution < 1.29 is 4.52 Å². The second kappa shape index (κ2) is 4.57. The summed E-state index contributed by atoms with van der Waals surface area (Å²) in [4.78, 5) is 5.30. The van der Waals surface area contributed by atoms with Crippen molar-refractivity contribution in [1.29, 1.82) is 0 Å². The first-order valence-electron chi connectivity index (χ1n) is 4.94. The molecule has 1 aromatic heterocycles. The molecule has 5 heteroatoms. The van der Waals surface area contributed by atoms with Crippen LogP contribution in [0.2, 0.25) is 0 Å². The van der Waals surface area contributed by atoms with Gasteiger partial charge in [-0.25, -0.2) is 0 Å². The number of nitrogens with two attached hydrogens (primary N) is 1. The van der Waals surface area contributed by atoms with Crippen LogP contribution >= 0.6 is 11.8 Å². The van der Waals surface area contributed by atoms with E-state index in [0.29, 0.717) is 17.5 Å². The minimum atomic E-state index is 0.597. The van der Waals surface area contributed by atoms with Crippen molar-refractivity contribution in [2.75, 3.05) is 5.73 Å². The van der Waals surface area contributed by atoms with Crippen LogP contribution in [-0.2, 0) is 5.75 Å². The van der Waals surface area contributed by atoms with E-state index in [4.69, 9.17) is 10.3 Å². The molecule has 0 radical (unpaired) electrons. The zero-order chi connectivity index (χ0) is 11.5. The molecular weight excluding hydrogens is 222 g/mol. The van der Waals surface area contributed by atoms with Crippen LogP contribution in [0, 0.1) is 13.8 Å². The summed E-state index contributed by atoms with van der Waals surface area (Å²) >= 11 is 1.66. The molecule has 1 aromatic carbocycles. The molecule has 0 amide bonds. The average molecular weight is 235 g/mol. The first kappa shape index (κ1) is 11.0. The lowest BCUT2D eigenvalue weighted by atomic mass is 10.2. The fourth-order valence-corrected chi connectivity index (χ4v) is 2.24. The molecule has 2 rings (SSSR count). The Hall–Kier alpha value is -1.49. The number of rotatable bonds is 3. The molecule has 0 aliphatic rings. The number of nitrogens with zero attached hydrogens (tertiary/aromatic N) is 2. The highest BCUT2D eigenvalue weighted by molar-refractivity contribution is 7.98. The van der Waals surface area contributed by atoms with Crippen molar-refractivity contribution in [2.24, 2.45) is 0 Å². The summed E-state index contributed by atoms with van der Waals surface area (Å²) in [6.07, 6.45) is 0. The second-order valence-corrected chi connectivity index (χ2v) is 4.51. The molecule has 16 heavy (non-hydrogen) atoms. The lowest BCUT2D eigenvalue weighted by Gasteiger charge is -2.05. The normalized spacial score (nSPS) is 10.6. The van der Waals surface area contributed by atoms with Gasteiger partial charge in [-0.1, -0.05) is 11.2 Å². The van der Waals surface area contributed by atoms with Gasteiger partial charge in [0.25, 0.3) is 0 Å². The molecule has 0 saturated carbocycles. The van der Waals surface area contributed by atoms with Crippen LogP contribution in [0.25, 0.3) is 0 Å². The monoisotopic (exact) mass is 235 g/mol. The minimum absolute atomic E-state index is 0.597. The summed E-state index contributed by atoms with van der Waals surface area (Å²) < 4.78 is 4.91. The maximum Gasteiger partial charge on any atom is 0.223 e. The molecular formula is C11H13N3OS. The van der Waals surface area contributed by atoms with Crippen molar-refractivity contribution in [2.45, 2.75) is 24.5 Å². The molecule has 2 N–H and O–H groups in total. The van der Waals surface area contributed by atoms with E-state index in [1.807, 2.05) is 25.1 Å². The maximum absolute atomic E-state index is 5.83. The Morgan fingerprint density at radius 3 is 2.88 bits per heavy atom. The van der Waals surface area contributed by atoms with E-state index in [2.05, 4.69) is 10.1 Å². The van der Waals surface area contributed by atoms with Crippen LogP contribution in [0.5, 0.6) is 0 Å². The van der Waals surface area contributed by atoms with E-state index in [-0.39, 0.29) is 0 Å². The molecule has 0 saturated heterocycles. The Kier molecular flexibility index (Phi) is 3.14. The first-order chi connectivity index (χ1) is 7.66. The van der Waals surface area contributed by atoms with Gasteiger partial charge >= 0.3 is 0 Å². The molecule has 0 fully saturated rings. The van der Waals surface area contributed by atoms with Crippen LogP contribution in [0.3, 0.4) is 0 Å². The number of anilines is 1. The summed E-state index contributed by atoms with van der Waals surface area (Å²) in [5.74, 6) is 2.01. The highest BCUT2D eigenvalue weighted by Crippen LogP contribution is 2.28. The molecule has 0 aliphatic heterocycles. The largest absolute Gasteiger partial charge is 0.398 e. The Morgan fingerprint density at radius 2 is 2.19 bits per heavy atom. The van der Waals surface area contributed by atoms with Gasteiger partial charge in [0.05, 0.1) is 5.75 Å². The van der Waals surface area contributed by atoms with E-state index in [1.54, 1.807) is 18.7 Å². The van der Waals surface area contributed by atoms with Gasteiger partial charge in [-0.2, -0.15) is 4.98 Å². The lowest BCUT2D eigenvalue weighted by Crippen LogP contribution is -1.91. The average Bonchev–Trinajstić information content (AvgIpc) is 2.67. The third-order valence-corrected chi connectivity index (χ3v) is 3.41. The lowest BCUT2D eigenvalue weighted by molar-refractivity contribution is 0.389. The van der Waals surface area contributed by atoms with Crippen molar-refractivity contribution >= 4 is 17.4 Å². The maximum atomic E-state index is 5.83. The molecule has 0 unspecified atom stereocenters. The Bertz CT molecular complexity index is 496. The summed E-state index contributed by atoms with van der Waals surface area (Å²) in [6, 6.07) is 5.90. The predicted octanol–water partition coefficient (Wildman–Crippen LogP) is 2.56. The third-order valence-electron chi connectivity index (χ3n) is 2.25. The standard InChI is InChI=1S/C11H13N3OS/c1-7-9(12)4-3-5-10(7)16-6-11-13-8(2)15-14-11/h3-5H,6,12H2,1-2H3. The Balaban J connectivity index is 2.07. The quantitative estimate of drug-likeness (QED) is 0.654. The molecule has 2 aromatic rings. The molecule has 0 spiro atoms. The predicted molar refractivity (Wildman–Crippen MR) is 64.2 cm³/mol. The summed E-state index contributed by atoms with van der Waals surface area (Å²) in [7, 11) is 0. The van der Waals surface area contributed by atoms with E-state index in [9.17, 15) is 0 Å². The Morgan fingerprint density at radius 1 is 1.38 bits per heavy atom. The van der Waals surface area contributed by atoms with Gasteiger partial charge in [-0.15, -0.1) is 11.8 Å². The Labute approximate surface area is 98.2 Å². The van der Waals surface area contributed by atoms with Crippen LogP contribution in [0.15, 0.2) is 27.6 Å². The van der Waals surface area contributed by atoms with Gasteiger partial charge in [0.1, 0.15) is 0 Å². The number of aromatic nitrogens is 2. The smallest absolute Gasteiger partial charge is 0.223 e. The van der Waals surface area contributed by atoms with Crippen LogP contribution in [-0.4, -0.2) is 10.1 Å². The van der Waals surface area contributed by atoms with Gasteiger partial charge < -0.3 is 10.3 Å². The van der Waals surface area contributed by atoms with Crippen LogP contribution in [0.1, 0.15) is 17.3 Å². The minimum Gasteiger partial charge on any atom is -0.398 e. The van der Waals surface area contributed by atoms with E-state index < -0.39 is 0 Å². The first-order valence-corrected chi connectivity index (χ1v) is 5.92. The third kappa shape index (κ3) is 2.36. The molecule has 4 nitrogen and oxygen atoms in total. The molecule has 84 valence electrons. The molecule has 1 heterocycles. The fourth-order valence-electron chi connectivity index (χ4n) is 1.33. The van der Waals surface area contributed by atoms with Gasteiger partial charge in [0.15, 0.2) is 5.82 Å².